The van der Waals surface area contributed by atoms with Crippen molar-refractivity contribution in [2.45, 2.75) is 32.7 Å². The van der Waals surface area contributed by atoms with Gasteiger partial charge in [0.15, 0.2) is 5.96 Å². The Morgan fingerprint density at radius 3 is 2.32 bits per heavy atom. The number of likely N-dealkylation sites (N-methyl/N-ethyl adjacent to an activating group) is 1. The van der Waals surface area contributed by atoms with E-state index in [1.807, 2.05) is 7.05 Å². The van der Waals surface area contributed by atoms with Crippen LogP contribution in [0.1, 0.15) is 36.9 Å². The van der Waals surface area contributed by atoms with Gasteiger partial charge in [-0.1, -0.05) is 43.2 Å². The van der Waals surface area contributed by atoms with Crippen LogP contribution in [0.15, 0.2) is 29.3 Å². The van der Waals surface area contributed by atoms with Gasteiger partial charge in [0.25, 0.3) is 0 Å². The standard InChI is InChI=1S/C17H30N4.HI/c1-6-7-12-19-17(18-3)20-13-16(21(4)5)15-10-8-14(2)9-11-15;/h8-11,16H,6-7,12-13H2,1-5H3,(H2,18,19,20);1H. The molecule has 1 aromatic rings. The fourth-order valence-corrected chi connectivity index (χ4v) is 2.18. The van der Waals surface area contributed by atoms with Gasteiger partial charge in [0.1, 0.15) is 0 Å². The summed E-state index contributed by atoms with van der Waals surface area (Å²) in [7, 11) is 6.04. The van der Waals surface area contributed by atoms with E-state index in [9.17, 15) is 0 Å². The molecule has 1 unspecified atom stereocenters. The Labute approximate surface area is 152 Å². The second kappa shape index (κ2) is 11.7. The van der Waals surface area contributed by atoms with Crippen LogP contribution in [-0.4, -0.2) is 45.1 Å². The van der Waals surface area contributed by atoms with Crippen molar-refractivity contribution in [3.8, 4) is 0 Å². The van der Waals surface area contributed by atoms with E-state index in [1.54, 1.807) is 0 Å². The van der Waals surface area contributed by atoms with Gasteiger partial charge >= 0.3 is 0 Å². The zero-order valence-electron chi connectivity index (χ0n) is 14.5. The summed E-state index contributed by atoms with van der Waals surface area (Å²) in [6.45, 7) is 6.11. The smallest absolute Gasteiger partial charge is 0.191 e. The van der Waals surface area contributed by atoms with Crippen LogP contribution in [-0.2, 0) is 0 Å². The molecule has 0 fully saturated rings. The Morgan fingerprint density at radius 1 is 1.18 bits per heavy atom. The molecular formula is C17H31IN4. The van der Waals surface area contributed by atoms with Crippen molar-refractivity contribution < 1.29 is 0 Å². The lowest BCUT2D eigenvalue weighted by atomic mass is 10.0. The van der Waals surface area contributed by atoms with Crippen LogP contribution in [0, 0.1) is 6.92 Å². The first-order chi connectivity index (χ1) is 10.1. The van der Waals surface area contributed by atoms with Crippen LogP contribution in [0.25, 0.3) is 0 Å². The highest BCUT2D eigenvalue weighted by molar-refractivity contribution is 14.0. The number of guanidine groups is 1. The van der Waals surface area contributed by atoms with Crippen molar-refractivity contribution in [1.29, 1.82) is 0 Å². The molecule has 1 atom stereocenters. The second-order valence-corrected chi connectivity index (χ2v) is 5.62. The first-order valence-corrected chi connectivity index (χ1v) is 7.76. The van der Waals surface area contributed by atoms with Crippen LogP contribution >= 0.6 is 24.0 Å². The lowest BCUT2D eigenvalue weighted by molar-refractivity contribution is 0.298. The minimum absolute atomic E-state index is 0. The lowest BCUT2D eigenvalue weighted by Gasteiger charge is -2.26. The fraction of sp³-hybridized carbons (Fsp3) is 0.588. The Kier molecular flexibility index (Phi) is 11.3. The predicted octanol–water partition coefficient (Wildman–Crippen LogP) is 3.18. The average Bonchev–Trinajstić information content (AvgIpc) is 2.47. The first kappa shape index (κ1) is 21.2. The fourth-order valence-electron chi connectivity index (χ4n) is 2.18. The predicted molar refractivity (Wildman–Crippen MR) is 107 cm³/mol. The monoisotopic (exact) mass is 418 g/mol. The largest absolute Gasteiger partial charge is 0.356 e. The molecule has 0 saturated heterocycles. The Hall–Kier alpha value is -0.820. The Balaban J connectivity index is 0.00000441. The number of hydrogen-bond acceptors (Lipinski definition) is 2. The third-order valence-corrected chi connectivity index (χ3v) is 3.59. The minimum Gasteiger partial charge on any atom is -0.356 e. The van der Waals surface area contributed by atoms with Crippen LogP contribution in [0.2, 0.25) is 0 Å². The minimum atomic E-state index is 0. The van der Waals surface area contributed by atoms with Crippen molar-refractivity contribution >= 4 is 29.9 Å². The molecule has 5 heteroatoms. The number of aliphatic imine (C=N–C) groups is 1. The average molecular weight is 418 g/mol. The molecule has 0 bridgehead atoms. The molecule has 0 saturated carbocycles. The molecular weight excluding hydrogens is 387 g/mol. The molecule has 2 N–H and O–H groups in total. The zero-order chi connectivity index (χ0) is 15.7. The number of rotatable bonds is 7. The summed E-state index contributed by atoms with van der Waals surface area (Å²) in [5, 5.41) is 6.77. The maximum Gasteiger partial charge on any atom is 0.191 e. The number of hydrogen-bond donors (Lipinski definition) is 2. The Morgan fingerprint density at radius 2 is 1.82 bits per heavy atom. The summed E-state index contributed by atoms with van der Waals surface area (Å²) in [6, 6.07) is 9.07. The summed E-state index contributed by atoms with van der Waals surface area (Å²) in [5.41, 5.74) is 2.61. The SMILES string of the molecule is CCCCNC(=NC)NCC(c1ccc(C)cc1)N(C)C.I. The molecule has 0 heterocycles. The van der Waals surface area contributed by atoms with E-state index in [-0.39, 0.29) is 24.0 Å². The van der Waals surface area contributed by atoms with E-state index in [2.05, 4.69) is 72.7 Å². The first-order valence-electron chi connectivity index (χ1n) is 7.76. The molecule has 0 radical (unpaired) electrons. The highest BCUT2D eigenvalue weighted by Crippen LogP contribution is 2.17. The molecule has 22 heavy (non-hydrogen) atoms. The second-order valence-electron chi connectivity index (χ2n) is 5.62. The van der Waals surface area contributed by atoms with Crippen molar-refractivity contribution in [1.82, 2.24) is 15.5 Å². The van der Waals surface area contributed by atoms with Crippen molar-refractivity contribution in [2.24, 2.45) is 4.99 Å². The van der Waals surface area contributed by atoms with Gasteiger partial charge in [-0.15, -0.1) is 24.0 Å². The topological polar surface area (TPSA) is 39.7 Å². The summed E-state index contributed by atoms with van der Waals surface area (Å²) in [5.74, 6) is 0.877. The highest BCUT2D eigenvalue weighted by Gasteiger charge is 2.14. The quantitative estimate of drug-likeness (QED) is 0.309. The molecule has 0 aliphatic heterocycles. The number of aryl methyl sites for hydroxylation is 1. The third kappa shape index (κ3) is 7.45. The molecule has 1 rings (SSSR count). The van der Waals surface area contributed by atoms with Gasteiger partial charge < -0.3 is 15.5 Å². The highest BCUT2D eigenvalue weighted by atomic mass is 127. The van der Waals surface area contributed by atoms with Crippen LogP contribution in [0.5, 0.6) is 0 Å². The lowest BCUT2D eigenvalue weighted by Crippen LogP contribution is -2.42. The van der Waals surface area contributed by atoms with Gasteiger partial charge in [0, 0.05) is 20.1 Å². The summed E-state index contributed by atoms with van der Waals surface area (Å²) >= 11 is 0. The van der Waals surface area contributed by atoms with Crippen molar-refractivity contribution in [2.75, 3.05) is 34.2 Å². The number of nitrogens with one attached hydrogen (secondary N) is 2. The molecule has 0 aliphatic rings. The van der Waals surface area contributed by atoms with Crippen LogP contribution in [0.3, 0.4) is 0 Å². The molecule has 0 aliphatic carbocycles. The van der Waals surface area contributed by atoms with Gasteiger partial charge in [-0.3, -0.25) is 4.99 Å². The van der Waals surface area contributed by atoms with E-state index in [0.29, 0.717) is 6.04 Å². The number of unbranched alkanes of at least 4 members (excludes halogenated alkanes) is 1. The van der Waals surface area contributed by atoms with E-state index in [4.69, 9.17) is 0 Å². The van der Waals surface area contributed by atoms with E-state index >= 15 is 0 Å². The molecule has 1 aromatic carbocycles. The summed E-state index contributed by atoms with van der Waals surface area (Å²) in [6.07, 6.45) is 2.35. The van der Waals surface area contributed by atoms with Gasteiger partial charge in [0.2, 0.25) is 0 Å². The normalized spacial score (nSPS) is 12.7. The van der Waals surface area contributed by atoms with E-state index in [0.717, 1.165) is 25.5 Å². The maximum atomic E-state index is 4.27. The zero-order valence-corrected chi connectivity index (χ0v) is 16.8. The van der Waals surface area contributed by atoms with Gasteiger partial charge in [0.05, 0.1) is 6.04 Å². The molecule has 0 spiro atoms. The van der Waals surface area contributed by atoms with Gasteiger partial charge in [-0.25, -0.2) is 0 Å². The summed E-state index contributed by atoms with van der Waals surface area (Å²) < 4.78 is 0. The van der Waals surface area contributed by atoms with Gasteiger partial charge in [-0.2, -0.15) is 0 Å². The van der Waals surface area contributed by atoms with E-state index < -0.39 is 0 Å². The van der Waals surface area contributed by atoms with Crippen LogP contribution < -0.4 is 10.6 Å². The van der Waals surface area contributed by atoms with Crippen molar-refractivity contribution in [3.05, 3.63) is 35.4 Å². The van der Waals surface area contributed by atoms with E-state index in [1.165, 1.54) is 17.5 Å². The third-order valence-electron chi connectivity index (χ3n) is 3.59. The number of benzene rings is 1. The Bertz CT molecular complexity index is 429. The summed E-state index contributed by atoms with van der Waals surface area (Å²) in [4.78, 5) is 6.51. The molecule has 0 amide bonds. The van der Waals surface area contributed by atoms with Gasteiger partial charge in [-0.05, 0) is 33.0 Å². The number of nitrogens with zero attached hydrogens (tertiary/aromatic N) is 2. The van der Waals surface area contributed by atoms with Crippen LogP contribution in [0.4, 0.5) is 0 Å². The molecule has 0 aromatic heterocycles. The van der Waals surface area contributed by atoms with Crippen molar-refractivity contribution in [3.63, 3.8) is 0 Å². The number of halogens is 1. The maximum absolute atomic E-state index is 4.27. The molecule has 126 valence electrons. The molecule has 4 nitrogen and oxygen atoms in total.